The Labute approximate surface area is 172 Å². The highest BCUT2D eigenvalue weighted by molar-refractivity contribution is 5.80. The molecule has 5 rings (SSSR count). The molecular formula is C25H30N2O2. The number of carbonyl (C=O) groups is 1. The lowest BCUT2D eigenvalue weighted by Gasteiger charge is -2.07. The van der Waals surface area contributed by atoms with E-state index in [0.717, 1.165) is 49.2 Å². The van der Waals surface area contributed by atoms with Gasteiger partial charge in [-0.3, -0.25) is 4.79 Å². The zero-order valence-electron chi connectivity index (χ0n) is 17.6. The van der Waals surface area contributed by atoms with Crippen molar-refractivity contribution in [3.05, 3.63) is 53.9 Å². The summed E-state index contributed by atoms with van der Waals surface area (Å²) in [6.45, 7) is 6.78. The fraction of sp³-hybridized carbons (Fsp3) is 0.440. The minimum atomic E-state index is 0.0472. The number of aromatic nitrogens is 1. The third-order valence-electron chi connectivity index (χ3n) is 5.73. The zero-order valence-corrected chi connectivity index (χ0v) is 17.6. The minimum absolute atomic E-state index is 0.0472. The molecule has 29 heavy (non-hydrogen) atoms. The van der Waals surface area contributed by atoms with Crippen molar-refractivity contribution in [2.24, 2.45) is 11.8 Å². The van der Waals surface area contributed by atoms with Gasteiger partial charge in [-0.2, -0.15) is 0 Å². The molecule has 4 nitrogen and oxygen atoms in total. The molecule has 3 aliphatic carbocycles. The highest BCUT2D eigenvalue weighted by atomic mass is 16.3. The number of benzene rings is 2. The van der Waals surface area contributed by atoms with Gasteiger partial charge in [-0.05, 0) is 47.9 Å². The fourth-order valence-electron chi connectivity index (χ4n) is 3.71. The summed E-state index contributed by atoms with van der Waals surface area (Å²) in [4.78, 5) is 16.3. The molecule has 1 aromatic heterocycles. The average molecular weight is 391 g/mol. The van der Waals surface area contributed by atoms with E-state index >= 15 is 0 Å². The monoisotopic (exact) mass is 390 g/mol. The number of oxazole rings is 1. The lowest BCUT2D eigenvalue weighted by Crippen LogP contribution is -2.29. The van der Waals surface area contributed by atoms with Gasteiger partial charge in [0.15, 0.2) is 11.5 Å². The SMILES string of the molecule is CCCCc1nc2cccc([C@@H]3C[C@H]3CNC(=O)C(C)C)c2o1.c1cc2cc-2c1. The average Bonchev–Trinajstić information content (AvgIpc) is 3.57. The summed E-state index contributed by atoms with van der Waals surface area (Å²) < 4.78 is 6.02. The van der Waals surface area contributed by atoms with Crippen LogP contribution < -0.4 is 5.32 Å². The van der Waals surface area contributed by atoms with E-state index in [1.165, 1.54) is 16.7 Å². The molecule has 0 spiro atoms. The van der Waals surface area contributed by atoms with Gasteiger partial charge in [-0.15, -0.1) is 0 Å². The van der Waals surface area contributed by atoms with Crippen LogP contribution in [0.4, 0.5) is 0 Å². The first-order valence-corrected chi connectivity index (χ1v) is 10.8. The van der Waals surface area contributed by atoms with E-state index in [1.54, 1.807) is 0 Å². The molecule has 0 saturated heterocycles. The standard InChI is InChI=1S/C19H26N2O2.C6H4/c1-4-5-9-17-21-16-8-6-7-14(18(16)23-17)15-10-13(15)11-20-19(22)12(2)3;1-2-5-4-6(5)3-1/h6-8,12-13,15H,4-5,9-11H2,1-3H3,(H,20,22);1-4H/t13-,15+;/m0./s1. The summed E-state index contributed by atoms with van der Waals surface area (Å²) in [7, 11) is 0. The van der Waals surface area contributed by atoms with Gasteiger partial charge >= 0.3 is 0 Å². The van der Waals surface area contributed by atoms with Crippen LogP contribution in [0.15, 0.2) is 46.9 Å². The summed E-state index contributed by atoms with van der Waals surface area (Å²) in [5, 5.41) is 3.04. The highest BCUT2D eigenvalue weighted by Crippen LogP contribution is 2.49. The van der Waals surface area contributed by atoms with Crippen LogP contribution in [0.1, 0.15) is 57.4 Å². The van der Waals surface area contributed by atoms with Crippen molar-refractivity contribution < 1.29 is 9.21 Å². The number of amides is 1. The van der Waals surface area contributed by atoms with Crippen molar-refractivity contribution in [3.63, 3.8) is 0 Å². The molecule has 2 aromatic rings. The first kappa shape index (κ1) is 19.7. The molecule has 1 saturated carbocycles. The van der Waals surface area contributed by atoms with Crippen molar-refractivity contribution in [1.82, 2.24) is 10.3 Å². The number of nitrogens with zero attached hydrogens (tertiary/aromatic N) is 1. The third-order valence-corrected chi connectivity index (χ3v) is 5.73. The van der Waals surface area contributed by atoms with E-state index < -0.39 is 0 Å². The molecule has 152 valence electrons. The van der Waals surface area contributed by atoms with Crippen molar-refractivity contribution >= 4 is 17.0 Å². The van der Waals surface area contributed by atoms with Crippen LogP contribution in [0.2, 0.25) is 0 Å². The van der Waals surface area contributed by atoms with Gasteiger partial charge in [-0.1, -0.05) is 57.5 Å². The number of carbonyl (C=O) groups excluding carboxylic acids is 1. The second-order valence-electron chi connectivity index (χ2n) is 8.49. The Morgan fingerprint density at radius 2 is 1.97 bits per heavy atom. The maximum absolute atomic E-state index is 11.7. The number of nitrogens with one attached hydrogen (secondary N) is 1. The molecule has 0 bridgehead atoms. The maximum Gasteiger partial charge on any atom is 0.222 e. The predicted molar refractivity (Wildman–Crippen MR) is 117 cm³/mol. The normalized spacial score (nSPS) is 18.3. The van der Waals surface area contributed by atoms with Gasteiger partial charge in [0.25, 0.3) is 0 Å². The number of aryl methyl sites for hydroxylation is 1. The summed E-state index contributed by atoms with van der Waals surface area (Å²) in [5.41, 5.74) is 6.01. The molecule has 0 unspecified atom stereocenters. The van der Waals surface area contributed by atoms with Gasteiger partial charge in [-0.25, -0.2) is 4.98 Å². The van der Waals surface area contributed by atoms with E-state index in [0.29, 0.717) is 11.8 Å². The Balaban J connectivity index is 0.000000286. The summed E-state index contributed by atoms with van der Waals surface area (Å²) in [6, 6.07) is 14.7. The van der Waals surface area contributed by atoms with Crippen LogP contribution >= 0.6 is 0 Å². The zero-order chi connectivity index (χ0) is 20.4. The number of unbranched alkanes of at least 4 members (excludes halogenated alkanes) is 1. The Kier molecular flexibility index (Phi) is 5.70. The van der Waals surface area contributed by atoms with Gasteiger partial charge in [0.05, 0.1) is 0 Å². The Bertz CT molecular complexity index is 988. The number of hydrogen-bond acceptors (Lipinski definition) is 3. The van der Waals surface area contributed by atoms with E-state index in [-0.39, 0.29) is 11.8 Å². The summed E-state index contributed by atoms with van der Waals surface area (Å²) in [6.07, 6.45) is 4.27. The van der Waals surface area contributed by atoms with Crippen molar-refractivity contribution in [1.29, 1.82) is 0 Å². The largest absolute Gasteiger partial charge is 0.440 e. The lowest BCUT2D eigenvalue weighted by atomic mass is 10.1. The Morgan fingerprint density at radius 3 is 2.59 bits per heavy atom. The molecule has 1 N–H and O–H groups in total. The number of fused-ring (bicyclic) bond motifs is 2. The van der Waals surface area contributed by atoms with Crippen LogP contribution in [0.25, 0.3) is 22.2 Å². The van der Waals surface area contributed by atoms with Crippen LogP contribution in [-0.2, 0) is 11.2 Å². The van der Waals surface area contributed by atoms with Gasteiger partial charge in [0.2, 0.25) is 5.91 Å². The summed E-state index contributed by atoms with van der Waals surface area (Å²) >= 11 is 0. The molecular weight excluding hydrogens is 360 g/mol. The first-order chi connectivity index (χ1) is 14.1. The summed E-state index contributed by atoms with van der Waals surface area (Å²) in [5.74, 6) is 2.03. The highest BCUT2D eigenvalue weighted by Gasteiger charge is 2.40. The lowest BCUT2D eigenvalue weighted by molar-refractivity contribution is -0.124. The number of rotatable bonds is 7. The van der Waals surface area contributed by atoms with E-state index in [2.05, 4.69) is 53.6 Å². The Morgan fingerprint density at radius 1 is 1.21 bits per heavy atom. The second-order valence-corrected chi connectivity index (χ2v) is 8.49. The number of hydrogen-bond donors (Lipinski definition) is 1. The van der Waals surface area contributed by atoms with Crippen LogP contribution in [-0.4, -0.2) is 17.4 Å². The quantitative estimate of drug-likeness (QED) is 0.439. The van der Waals surface area contributed by atoms with E-state index in [4.69, 9.17) is 4.42 Å². The molecule has 1 fully saturated rings. The van der Waals surface area contributed by atoms with Crippen LogP contribution in [0, 0.1) is 11.8 Å². The third kappa shape index (κ3) is 4.69. The van der Waals surface area contributed by atoms with Gasteiger partial charge < -0.3 is 9.73 Å². The van der Waals surface area contributed by atoms with Crippen molar-refractivity contribution in [3.8, 4) is 11.1 Å². The molecule has 1 amide bonds. The van der Waals surface area contributed by atoms with Crippen LogP contribution in [0.5, 0.6) is 0 Å². The maximum atomic E-state index is 11.7. The molecule has 2 atom stereocenters. The number of para-hydroxylation sites is 1. The fourth-order valence-corrected chi connectivity index (χ4v) is 3.71. The molecule has 4 heteroatoms. The van der Waals surface area contributed by atoms with Gasteiger partial charge in [0.1, 0.15) is 5.52 Å². The first-order valence-electron chi connectivity index (χ1n) is 10.8. The smallest absolute Gasteiger partial charge is 0.222 e. The predicted octanol–water partition coefficient (Wildman–Crippen LogP) is 5.71. The molecule has 0 aliphatic heterocycles. The topological polar surface area (TPSA) is 55.1 Å². The van der Waals surface area contributed by atoms with Crippen molar-refractivity contribution in [2.45, 2.75) is 52.4 Å². The Hall–Kier alpha value is -2.62. The second kappa shape index (κ2) is 8.40. The molecule has 1 heterocycles. The van der Waals surface area contributed by atoms with E-state index in [1.807, 2.05) is 19.9 Å². The molecule has 0 radical (unpaired) electrons. The van der Waals surface area contributed by atoms with Gasteiger partial charge in [0, 0.05) is 24.4 Å². The minimum Gasteiger partial charge on any atom is -0.440 e. The molecule has 1 aromatic carbocycles. The van der Waals surface area contributed by atoms with E-state index in [9.17, 15) is 4.79 Å². The van der Waals surface area contributed by atoms with Crippen molar-refractivity contribution in [2.75, 3.05) is 6.54 Å². The van der Waals surface area contributed by atoms with Crippen LogP contribution in [0.3, 0.4) is 0 Å². The molecule has 3 aliphatic rings.